The molecule has 4 nitrogen and oxygen atoms in total. The predicted molar refractivity (Wildman–Crippen MR) is 68.2 cm³/mol. The number of aliphatic hydroxyl groups is 1. The minimum Gasteiger partial charge on any atom is -0.385 e. The number of ether oxygens (including phenoxy) is 1. The quantitative estimate of drug-likeness (QED) is 0.776. The Hall–Kier alpha value is -1.04. The summed E-state index contributed by atoms with van der Waals surface area (Å²) < 4.78 is 18.7. The van der Waals surface area contributed by atoms with E-state index in [4.69, 9.17) is 4.74 Å². The molecule has 0 radical (unpaired) electrons. The summed E-state index contributed by atoms with van der Waals surface area (Å²) in [4.78, 5) is 6.12. The fraction of sp³-hybridized carbons (Fsp3) is 0.643. The zero-order chi connectivity index (χ0) is 13.6. The van der Waals surface area contributed by atoms with Crippen molar-refractivity contribution < 1.29 is 14.2 Å². The average Bonchev–Trinajstić information content (AvgIpc) is 2.31. The van der Waals surface area contributed by atoms with Gasteiger partial charge in [0, 0.05) is 23.3 Å². The minimum atomic E-state index is -0.920. The Kier molecular flexibility index (Phi) is 3.08. The van der Waals surface area contributed by atoms with Gasteiger partial charge < -0.3 is 9.84 Å². The molecule has 0 spiro atoms. The Bertz CT molecular complexity index is 480. The molecular weight excluding hydrogens is 247 g/mol. The maximum absolute atomic E-state index is 13.1. The fourth-order valence-corrected chi connectivity index (χ4v) is 3.38. The third-order valence-electron chi connectivity index (χ3n) is 4.47. The van der Waals surface area contributed by atoms with Gasteiger partial charge in [0.05, 0.1) is 18.8 Å². The first-order valence-electron chi connectivity index (χ1n) is 6.65. The van der Waals surface area contributed by atoms with Crippen LogP contribution in [0.25, 0.3) is 0 Å². The predicted octanol–water partition coefficient (Wildman–Crippen LogP) is 1.21. The van der Waals surface area contributed by atoms with Crippen molar-refractivity contribution in [3.63, 3.8) is 0 Å². The lowest BCUT2D eigenvalue weighted by Gasteiger charge is -2.50. The lowest BCUT2D eigenvalue weighted by molar-refractivity contribution is -0.138. The first-order chi connectivity index (χ1) is 8.99. The molecule has 19 heavy (non-hydrogen) atoms. The molecule has 5 heteroatoms. The summed E-state index contributed by atoms with van der Waals surface area (Å²) in [5, 5.41) is 11.0. The number of halogens is 1. The van der Waals surface area contributed by atoms with E-state index in [1.807, 2.05) is 0 Å². The van der Waals surface area contributed by atoms with Crippen molar-refractivity contribution in [1.82, 2.24) is 9.88 Å². The van der Waals surface area contributed by atoms with Gasteiger partial charge in [-0.05, 0) is 38.9 Å². The van der Waals surface area contributed by atoms with Crippen molar-refractivity contribution in [3.05, 3.63) is 29.3 Å². The SMILES string of the molecule is Cc1nc(F)ccc1C1(O)CC2COCC(C1)N2C. The lowest BCUT2D eigenvalue weighted by Crippen LogP contribution is -2.59. The summed E-state index contributed by atoms with van der Waals surface area (Å²) in [6.45, 7) is 3.03. The molecule has 3 rings (SSSR count). The van der Waals surface area contributed by atoms with Crippen LogP contribution in [-0.4, -0.2) is 47.3 Å². The van der Waals surface area contributed by atoms with E-state index in [0.717, 1.165) is 5.56 Å². The Balaban J connectivity index is 1.95. The molecule has 0 amide bonds. The fourth-order valence-electron chi connectivity index (χ4n) is 3.38. The normalized spacial score (nSPS) is 35.4. The Morgan fingerprint density at radius 3 is 2.58 bits per heavy atom. The Labute approximate surface area is 112 Å². The van der Waals surface area contributed by atoms with Crippen LogP contribution in [0.2, 0.25) is 0 Å². The van der Waals surface area contributed by atoms with Gasteiger partial charge in [-0.15, -0.1) is 0 Å². The summed E-state index contributed by atoms with van der Waals surface area (Å²) in [6.07, 6.45) is 1.21. The highest BCUT2D eigenvalue weighted by Crippen LogP contribution is 2.40. The molecule has 2 bridgehead atoms. The number of piperidine rings is 1. The van der Waals surface area contributed by atoms with Gasteiger partial charge in [-0.25, -0.2) is 4.98 Å². The van der Waals surface area contributed by atoms with Gasteiger partial charge in [-0.3, -0.25) is 4.90 Å². The monoisotopic (exact) mass is 266 g/mol. The van der Waals surface area contributed by atoms with E-state index in [0.29, 0.717) is 31.7 Å². The number of likely N-dealkylation sites (N-methyl/N-ethyl adjacent to an activating group) is 1. The Morgan fingerprint density at radius 2 is 2.00 bits per heavy atom. The van der Waals surface area contributed by atoms with Gasteiger partial charge in [0.15, 0.2) is 0 Å². The molecule has 0 saturated carbocycles. The van der Waals surface area contributed by atoms with Crippen molar-refractivity contribution in [1.29, 1.82) is 0 Å². The zero-order valence-electron chi connectivity index (χ0n) is 11.3. The van der Waals surface area contributed by atoms with Crippen molar-refractivity contribution in [3.8, 4) is 0 Å². The van der Waals surface area contributed by atoms with Gasteiger partial charge in [0.25, 0.3) is 0 Å². The van der Waals surface area contributed by atoms with Crippen LogP contribution in [0.15, 0.2) is 12.1 Å². The van der Waals surface area contributed by atoms with E-state index in [-0.39, 0.29) is 12.1 Å². The first kappa shape index (κ1) is 13.0. The molecule has 2 saturated heterocycles. The van der Waals surface area contributed by atoms with Crippen LogP contribution >= 0.6 is 0 Å². The number of pyridine rings is 1. The van der Waals surface area contributed by atoms with Crippen LogP contribution in [0.3, 0.4) is 0 Å². The van der Waals surface area contributed by atoms with Crippen LogP contribution in [0.1, 0.15) is 24.1 Å². The number of rotatable bonds is 1. The van der Waals surface area contributed by atoms with Crippen LogP contribution in [-0.2, 0) is 10.3 Å². The second-order valence-electron chi connectivity index (χ2n) is 5.72. The molecule has 2 atom stereocenters. The van der Waals surface area contributed by atoms with E-state index < -0.39 is 11.5 Å². The molecular formula is C14H19FN2O2. The topological polar surface area (TPSA) is 45.6 Å². The lowest BCUT2D eigenvalue weighted by atomic mass is 9.76. The van der Waals surface area contributed by atoms with Gasteiger partial charge in [0.1, 0.15) is 0 Å². The van der Waals surface area contributed by atoms with Crippen LogP contribution in [0.4, 0.5) is 4.39 Å². The van der Waals surface area contributed by atoms with Gasteiger partial charge >= 0.3 is 0 Å². The zero-order valence-corrected chi connectivity index (χ0v) is 11.3. The molecule has 2 aliphatic rings. The van der Waals surface area contributed by atoms with E-state index in [9.17, 15) is 9.50 Å². The molecule has 1 N–H and O–H groups in total. The van der Waals surface area contributed by atoms with Crippen molar-refractivity contribution in [2.24, 2.45) is 0 Å². The number of hydrogen-bond donors (Lipinski definition) is 1. The molecule has 0 aliphatic carbocycles. The summed E-state index contributed by atoms with van der Waals surface area (Å²) in [6, 6.07) is 3.41. The molecule has 0 aromatic carbocycles. The Morgan fingerprint density at radius 1 is 1.37 bits per heavy atom. The maximum Gasteiger partial charge on any atom is 0.213 e. The van der Waals surface area contributed by atoms with Crippen LogP contribution in [0.5, 0.6) is 0 Å². The van der Waals surface area contributed by atoms with Crippen molar-refractivity contribution >= 4 is 0 Å². The van der Waals surface area contributed by atoms with Crippen molar-refractivity contribution in [2.45, 2.75) is 37.5 Å². The molecule has 2 unspecified atom stereocenters. The molecule has 1 aromatic heterocycles. The standard InChI is InChI=1S/C14H19FN2O2/c1-9-12(3-4-13(15)16-9)14(18)5-10-7-19-8-11(6-14)17(10)2/h3-4,10-11,18H,5-8H2,1-2H3. The van der Waals surface area contributed by atoms with E-state index >= 15 is 0 Å². The summed E-state index contributed by atoms with van der Waals surface area (Å²) in [7, 11) is 2.08. The van der Waals surface area contributed by atoms with Crippen molar-refractivity contribution in [2.75, 3.05) is 20.3 Å². The highest BCUT2D eigenvalue weighted by Gasteiger charge is 2.46. The number of nitrogens with zero attached hydrogens (tertiary/aromatic N) is 2. The summed E-state index contributed by atoms with van der Waals surface area (Å²) in [5.74, 6) is -0.499. The van der Waals surface area contributed by atoms with Gasteiger partial charge in [0.2, 0.25) is 5.95 Å². The number of fused-ring (bicyclic) bond motifs is 2. The molecule has 2 fully saturated rings. The van der Waals surface area contributed by atoms with Crippen LogP contribution in [0, 0.1) is 12.9 Å². The van der Waals surface area contributed by atoms with Gasteiger partial charge in [-0.2, -0.15) is 4.39 Å². The third kappa shape index (κ3) is 2.16. The number of morpholine rings is 1. The molecule has 3 heterocycles. The smallest absolute Gasteiger partial charge is 0.213 e. The largest absolute Gasteiger partial charge is 0.385 e. The minimum absolute atomic E-state index is 0.210. The molecule has 2 aliphatic heterocycles. The average molecular weight is 266 g/mol. The maximum atomic E-state index is 13.1. The highest BCUT2D eigenvalue weighted by atomic mass is 19.1. The third-order valence-corrected chi connectivity index (χ3v) is 4.47. The number of aromatic nitrogens is 1. The highest BCUT2D eigenvalue weighted by molar-refractivity contribution is 5.28. The van der Waals surface area contributed by atoms with E-state index in [1.165, 1.54) is 6.07 Å². The number of aryl methyl sites for hydroxylation is 1. The first-order valence-corrected chi connectivity index (χ1v) is 6.65. The van der Waals surface area contributed by atoms with Gasteiger partial charge in [-0.1, -0.05) is 0 Å². The molecule has 104 valence electrons. The second-order valence-corrected chi connectivity index (χ2v) is 5.72. The molecule has 1 aromatic rings. The van der Waals surface area contributed by atoms with Crippen LogP contribution < -0.4 is 0 Å². The number of hydrogen-bond acceptors (Lipinski definition) is 4. The second kappa shape index (κ2) is 4.51. The summed E-state index contributed by atoms with van der Waals surface area (Å²) in [5.41, 5.74) is 0.404. The van der Waals surface area contributed by atoms with E-state index in [1.54, 1.807) is 13.0 Å². The van der Waals surface area contributed by atoms with E-state index in [2.05, 4.69) is 16.9 Å². The summed E-state index contributed by atoms with van der Waals surface area (Å²) >= 11 is 0.